The Morgan fingerprint density at radius 3 is 2.42 bits per heavy atom. The molecule has 4 aromatic rings. The van der Waals surface area contributed by atoms with Gasteiger partial charge in [0.05, 0.1) is 10.5 Å². The summed E-state index contributed by atoms with van der Waals surface area (Å²) in [6, 6.07) is 12.0. The van der Waals surface area contributed by atoms with Crippen molar-refractivity contribution in [2.75, 3.05) is 10.0 Å². The fraction of sp³-hybridized carbons (Fsp3) is 0.167. The normalized spacial score (nSPS) is 17.5. The second-order valence-electron chi connectivity index (χ2n) is 8.31. The largest absolute Gasteiger partial charge is 0.418 e. The Labute approximate surface area is 203 Å². The highest BCUT2D eigenvalue weighted by Crippen LogP contribution is 2.48. The van der Waals surface area contributed by atoms with Crippen molar-refractivity contribution in [1.29, 1.82) is 0 Å². The third-order valence-electron chi connectivity index (χ3n) is 5.87. The Morgan fingerprint density at radius 2 is 1.72 bits per heavy atom. The highest BCUT2D eigenvalue weighted by Gasteiger charge is 2.44. The van der Waals surface area contributed by atoms with Crippen LogP contribution < -0.4 is 10.0 Å². The third kappa shape index (κ3) is 4.85. The van der Waals surface area contributed by atoms with E-state index in [2.05, 4.69) is 25.0 Å². The number of benzene rings is 2. The van der Waals surface area contributed by atoms with Crippen LogP contribution in [-0.2, 0) is 21.0 Å². The van der Waals surface area contributed by atoms with Gasteiger partial charge in [0.1, 0.15) is 0 Å². The lowest BCUT2D eigenvalue weighted by molar-refractivity contribution is -0.136. The van der Waals surface area contributed by atoms with Gasteiger partial charge in [-0.2, -0.15) is 13.2 Å². The molecule has 2 aromatic heterocycles. The van der Waals surface area contributed by atoms with Gasteiger partial charge in [0.15, 0.2) is 0 Å². The van der Waals surface area contributed by atoms with E-state index in [-0.39, 0.29) is 39.7 Å². The van der Waals surface area contributed by atoms with Gasteiger partial charge < -0.3 is 5.32 Å². The Bertz CT molecular complexity index is 1550. The topological polar surface area (TPSA) is 114 Å². The van der Waals surface area contributed by atoms with Gasteiger partial charge in [0, 0.05) is 41.8 Å². The number of halogens is 3. The SMILES string of the molecule is O=C(Nc1ccc2cncc(C(F)(F)F)c2c1)[C@@H]1C[C@H]1c1ccc(S(=O)(=O)Nc2ncccn2)cc1. The van der Waals surface area contributed by atoms with Crippen LogP contribution >= 0.6 is 0 Å². The van der Waals surface area contributed by atoms with Gasteiger partial charge in [0.2, 0.25) is 11.9 Å². The van der Waals surface area contributed by atoms with Gasteiger partial charge in [-0.25, -0.2) is 23.1 Å². The van der Waals surface area contributed by atoms with Crippen molar-refractivity contribution < 1.29 is 26.4 Å². The molecular weight excluding hydrogens is 495 g/mol. The van der Waals surface area contributed by atoms with E-state index in [4.69, 9.17) is 0 Å². The van der Waals surface area contributed by atoms with Crippen molar-refractivity contribution in [2.24, 2.45) is 5.92 Å². The van der Waals surface area contributed by atoms with Crippen LogP contribution in [0.25, 0.3) is 10.8 Å². The molecule has 0 saturated heterocycles. The van der Waals surface area contributed by atoms with Crippen molar-refractivity contribution in [2.45, 2.75) is 23.4 Å². The quantitative estimate of drug-likeness (QED) is 0.390. The summed E-state index contributed by atoms with van der Waals surface area (Å²) in [5.74, 6) is -0.865. The highest BCUT2D eigenvalue weighted by atomic mass is 32.2. The number of hydrogen-bond donors (Lipinski definition) is 2. The first-order chi connectivity index (χ1) is 17.1. The molecule has 12 heteroatoms. The molecule has 5 rings (SSSR count). The number of alkyl halides is 3. The lowest BCUT2D eigenvalue weighted by Crippen LogP contribution is -2.15. The summed E-state index contributed by atoms with van der Waals surface area (Å²) < 4.78 is 67.3. The Hall–Kier alpha value is -4.06. The molecule has 0 aliphatic heterocycles. The van der Waals surface area contributed by atoms with Gasteiger partial charge in [-0.15, -0.1) is 0 Å². The van der Waals surface area contributed by atoms with Crippen LogP contribution in [0.4, 0.5) is 24.8 Å². The molecule has 1 saturated carbocycles. The first-order valence-corrected chi connectivity index (χ1v) is 12.3. The second kappa shape index (κ2) is 8.86. The third-order valence-corrected chi connectivity index (χ3v) is 7.21. The molecule has 1 fully saturated rings. The monoisotopic (exact) mass is 513 g/mol. The maximum atomic E-state index is 13.3. The molecule has 2 aromatic carbocycles. The number of anilines is 2. The zero-order chi connectivity index (χ0) is 25.5. The molecule has 184 valence electrons. The van der Waals surface area contributed by atoms with Crippen molar-refractivity contribution in [1.82, 2.24) is 15.0 Å². The van der Waals surface area contributed by atoms with Crippen LogP contribution in [0, 0.1) is 5.92 Å². The lowest BCUT2D eigenvalue weighted by Gasteiger charge is -2.12. The molecule has 1 aliphatic carbocycles. The van der Waals surface area contributed by atoms with Gasteiger partial charge in [-0.3, -0.25) is 9.78 Å². The van der Waals surface area contributed by atoms with Gasteiger partial charge in [-0.1, -0.05) is 18.2 Å². The van der Waals surface area contributed by atoms with Crippen molar-refractivity contribution >= 4 is 38.3 Å². The fourth-order valence-electron chi connectivity index (χ4n) is 3.98. The number of amides is 1. The van der Waals surface area contributed by atoms with Crippen LogP contribution in [0.1, 0.15) is 23.5 Å². The van der Waals surface area contributed by atoms with Gasteiger partial charge >= 0.3 is 6.18 Å². The number of pyridine rings is 1. The molecule has 0 spiro atoms. The van der Waals surface area contributed by atoms with Crippen LogP contribution in [0.15, 0.2) is 78.2 Å². The lowest BCUT2D eigenvalue weighted by atomic mass is 10.1. The van der Waals surface area contributed by atoms with Crippen molar-refractivity contribution in [3.8, 4) is 0 Å². The van der Waals surface area contributed by atoms with Crippen LogP contribution in [0.2, 0.25) is 0 Å². The molecule has 0 unspecified atom stereocenters. The van der Waals surface area contributed by atoms with E-state index >= 15 is 0 Å². The van der Waals surface area contributed by atoms with Gasteiger partial charge in [0.25, 0.3) is 10.0 Å². The van der Waals surface area contributed by atoms with E-state index in [9.17, 15) is 26.4 Å². The van der Waals surface area contributed by atoms with E-state index in [0.717, 1.165) is 11.8 Å². The van der Waals surface area contributed by atoms with Crippen molar-refractivity contribution in [3.05, 3.63) is 84.4 Å². The summed E-state index contributed by atoms with van der Waals surface area (Å²) in [6.45, 7) is 0. The number of sulfonamides is 1. The average Bonchev–Trinajstić information content (AvgIpc) is 3.65. The van der Waals surface area contributed by atoms with Crippen molar-refractivity contribution in [3.63, 3.8) is 0 Å². The molecule has 2 atom stereocenters. The first-order valence-electron chi connectivity index (χ1n) is 10.8. The highest BCUT2D eigenvalue weighted by molar-refractivity contribution is 7.92. The molecule has 0 bridgehead atoms. The van der Waals surface area contributed by atoms with E-state index in [1.807, 2.05) is 0 Å². The molecule has 36 heavy (non-hydrogen) atoms. The number of rotatable bonds is 6. The van der Waals surface area contributed by atoms with E-state index in [1.165, 1.54) is 48.9 Å². The maximum absolute atomic E-state index is 13.3. The molecule has 0 radical (unpaired) electrons. The number of carbonyl (C=O) groups is 1. The van der Waals surface area contributed by atoms with Crippen LogP contribution in [-0.4, -0.2) is 29.3 Å². The summed E-state index contributed by atoms with van der Waals surface area (Å²) >= 11 is 0. The second-order valence-corrected chi connectivity index (χ2v) is 9.99. The predicted molar refractivity (Wildman–Crippen MR) is 126 cm³/mol. The zero-order valence-electron chi connectivity index (χ0n) is 18.4. The minimum absolute atomic E-state index is 0.0199. The molecule has 8 nitrogen and oxygen atoms in total. The molecule has 1 amide bonds. The molecule has 2 heterocycles. The number of nitrogens with zero attached hydrogens (tertiary/aromatic N) is 3. The minimum Gasteiger partial charge on any atom is -0.326 e. The smallest absolute Gasteiger partial charge is 0.326 e. The fourth-order valence-corrected chi connectivity index (χ4v) is 4.94. The number of carbonyl (C=O) groups excluding carboxylic acids is 1. The summed E-state index contributed by atoms with van der Waals surface area (Å²) in [5, 5.41) is 2.96. The van der Waals surface area contributed by atoms with Crippen LogP contribution in [0.5, 0.6) is 0 Å². The number of hydrogen-bond acceptors (Lipinski definition) is 6. The van der Waals surface area contributed by atoms with Crippen LogP contribution in [0.3, 0.4) is 0 Å². The molecule has 1 aliphatic rings. The Morgan fingerprint density at radius 1 is 1.00 bits per heavy atom. The number of fused-ring (bicyclic) bond motifs is 1. The van der Waals surface area contributed by atoms with E-state index < -0.39 is 21.8 Å². The summed E-state index contributed by atoms with van der Waals surface area (Å²) in [6.07, 6.45) is 0.892. The Kier molecular flexibility index (Phi) is 5.83. The molecular formula is C24H18F3N5O3S. The summed E-state index contributed by atoms with van der Waals surface area (Å²) in [7, 11) is -3.88. The number of nitrogens with one attached hydrogen (secondary N) is 2. The van der Waals surface area contributed by atoms with Gasteiger partial charge in [-0.05, 0) is 53.6 Å². The Balaban J connectivity index is 1.27. The number of aromatic nitrogens is 3. The minimum atomic E-state index is -4.57. The summed E-state index contributed by atoms with van der Waals surface area (Å²) in [4.78, 5) is 24.1. The maximum Gasteiger partial charge on any atom is 0.418 e. The average molecular weight is 514 g/mol. The van der Waals surface area contributed by atoms with E-state index in [0.29, 0.717) is 11.8 Å². The standard InChI is InChI=1S/C24H18F3N5O3S/c25-24(26,27)21-13-28-12-15-2-5-16(10-19(15)21)31-22(33)20-11-18(20)14-3-6-17(7-4-14)36(34,35)32-23-29-8-1-9-30-23/h1-10,12-13,18,20H,11H2,(H,31,33)(H,29,30,32)/t18-,20+/m0/s1. The zero-order valence-corrected chi connectivity index (χ0v) is 19.2. The first kappa shape index (κ1) is 23.7. The van der Waals surface area contributed by atoms with E-state index in [1.54, 1.807) is 18.2 Å². The predicted octanol–water partition coefficient (Wildman–Crippen LogP) is 4.59. The summed E-state index contributed by atoms with van der Waals surface area (Å²) in [5.41, 5.74) is 0.170. The molecule has 2 N–H and O–H groups in total.